The molecule has 114 valence electrons. The third kappa shape index (κ3) is 6.62. The van der Waals surface area contributed by atoms with Crippen LogP contribution in [0.15, 0.2) is 18.2 Å². The first-order chi connectivity index (χ1) is 9.31. The smallest absolute Gasteiger partial charge is 0.310 e. The molecule has 20 heavy (non-hydrogen) atoms. The van der Waals surface area contributed by atoms with Crippen molar-refractivity contribution in [2.24, 2.45) is 0 Å². The molecule has 0 amide bonds. The van der Waals surface area contributed by atoms with Crippen LogP contribution in [-0.2, 0) is 0 Å². The van der Waals surface area contributed by atoms with Crippen molar-refractivity contribution in [1.82, 2.24) is 5.32 Å². The first kappa shape index (κ1) is 17.3. The van der Waals surface area contributed by atoms with Gasteiger partial charge in [0.05, 0.1) is 0 Å². The molecule has 0 aromatic heterocycles. The summed E-state index contributed by atoms with van der Waals surface area (Å²) in [5, 5.41) is 3.92. The summed E-state index contributed by atoms with van der Waals surface area (Å²) < 4.78 is 36.7. The Morgan fingerprint density at radius 3 is 2.50 bits per heavy atom. The van der Waals surface area contributed by atoms with E-state index in [0.29, 0.717) is 11.4 Å². The average Bonchev–Trinajstić information content (AvgIpc) is 2.30. The minimum Gasteiger partial charge on any atom is -0.310 e. The third-order valence-electron chi connectivity index (χ3n) is 3.06. The van der Waals surface area contributed by atoms with E-state index in [2.05, 4.69) is 5.32 Å². The van der Waals surface area contributed by atoms with Crippen molar-refractivity contribution < 1.29 is 13.2 Å². The summed E-state index contributed by atoms with van der Waals surface area (Å²) in [6, 6.07) is 5.58. The van der Waals surface area contributed by atoms with Gasteiger partial charge in [0.15, 0.2) is 0 Å². The Morgan fingerprint density at radius 1 is 1.25 bits per heavy atom. The second-order valence-corrected chi connectivity index (χ2v) is 5.51. The predicted octanol–water partition coefficient (Wildman–Crippen LogP) is 5.42. The average molecular weight is 308 g/mol. The maximum atomic E-state index is 12.2. The number of halogens is 4. The van der Waals surface area contributed by atoms with Gasteiger partial charge in [-0.25, -0.2) is 0 Å². The van der Waals surface area contributed by atoms with Crippen molar-refractivity contribution in [2.75, 3.05) is 6.54 Å². The number of nitrogens with one attached hydrogen (secondary N) is 1. The van der Waals surface area contributed by atoms with Crippen LogP contribution >= 0.6 is 11.6 Å². The molecule has 0 aliphatic carbocycles. The van der Waals surface area contributed by atoms with Crippen LogP contribution in [0.2, 0.25) is 5.02 Å². The lowest BCUT2D eigenvalue weighted by Crippen LogP contribution is -2.23. The largest absolute Gasteiger partial charge is 0.389 e. The van der Waals surface area contributed by atoms with Crippen LogP contribution < -0.4 is 5.32 Å². The molecule has 0 spiro atoms. The van der Waals surface area contributed by atoms with Crippen LogP contribution in [0.25, 0.3) is 0 Å². The Morgan fingerprint density at radius 2 is 1.95 bits per heavy atom. The van der Waals surface area contributed by atoms with E-state index >= 15 is 0 Å². The summed E-state index contributed by atoms with van der Waals surface area (Å²) in [5.74, 6) is 0. The van der Waals surface area contributed by atoms with Crippen molar-refractivity contribution in [1.29, 1.82) is 0 Å². The molecule has 0 saturated heterocycles. The highest BCUT2D eigenvalue weighted by Crippen LogP contribution is 2.28. The van der Waals surface area contributed by atoms with Crippen LogP contribution in [0.4, 0.5) is 13.2 Å². The van der Waals surface area contributed by atoms with Gasteiger partial charge in [-0.1, -0.05) is 24.6 Å². The highest BCUT2D eigenvalue weighted by molar-refractivity contribution is 6.30. The second-order valence-electron chi connectivity index (χ2n) is 5.08. The van der Waals surface area contributed by atoms with Crippen molar-refractivity contribution in [2.45, 2.75) is 51.7 Å². The summed E-state index contributed by atoms with van der Waals surface area (Å²) in [5.41, 5.74) is 1.98. The van der Waals surface area contributed by atoms with E-state index in [9.17, 15) is 13.2 Å². The monoisotopic (exact) mass is 307 g/mol. The summed E-state index contributed by atoms with van der Waals surface area (Å²) in [4.78, 5) is 0. The number of rotatable bonds is 7. The van der Waals surface area contributed by atoms with Crippen molar-refractivity contribution in [3.63, 3.8) is 0 Å². The molecule has 0 heterocycles. The van der Waals surface area contributed by atoms with Gasteiger partial charge in [-0.15, -0.1) is 0 Å². The Bertz CT molecular complexity index is 398. The molecule has 0 aliphatic heterocycles. The number of benzene rings is 1. The predicted molar refractivity (Wildman–Crippen MR) is 77.1 cm³/mol. The van der Waals surface area contributed by atoms with Gasteiger partial charge in [-0.05, 0) is 56.0 Å². The van der Waals surface area contributed by atoms with Gasteiger partial charge in [-0.2, -0.15) is 13.2 Å². The van der Waals surface area contributed by atoms with Crippen molar-refractivity contribution >= 4 is 11.6 Å². The minimum absolute atomic E-state index is 0.0744. The van der Waals surface area contributed by atoms with Crippen molar-refractivity contribution in [3.05, 3.63) is 34.3 Å². The molecule has 1 unspecified atom stereocenters. The van der Waals surface area contributed by atoms with Crippen LogP contribution in [0.3, 0.4) is 0 Å². The molecule has 0 fully saturated rings. The van der Waals surface area contributed by atoms with Crippen LogP contribution in [0, 0.1) is 6.92 Å². The lowest BCUT2D eigenvalue weighted by molar-refractivity contribution is -0.135. The normalized spacial score (nSPS) is 13.5. The van der Waals surface area contributed by atoms with E-state index < -0.39 is 12.6 Å². The first-order valence-electron chi connectivity index (χ1n) is 6.89. The van der Waals surface area contributed by atoms with Gasteiger partial charge >= 0.3 is 6.18 Å². The fourth-order valence-electron chi connectivity index (χ4n) is 2.18. The summed E-state index contributed by atoms with van der Waals surface area (Å²) in [6.07, 6.45) is -3.30. The van der Waals surface area contributed by atoms with Gasteiger partial charge in [0.1, 0.15) is 0 Å². The number of hydrogen-bond acceptors (Lipinski definition) is 1. The Kier molecular flexibility index (Phi) is 6.83. The Labute approximate surface area is 123 Å². The van der Waals surface area contributed by atoms with E-state index in [1.54, 1.807) is 0 Å². The molecule has 0 aliphatic rings. The topological polar surface area (TPSA) is 12.0 Å². The molecule has 0 radical (unpaired) electrons. The van der Waals surface area contributed by atoms with Crippen LogP contribution in [0.5, 0.6) is 0 Å². The standard InChI is InChI=1S/C15H21ClF3N/c1-3-7-20-14(5-4-6-15(17,18)19)12-8-11(2)9-13(16)10-12/h8-10,14,20H,3-7H2,1-2H3. The minimum atomic E-state index is -4.08. The summed E-state index contributed by atoms with van der Waals surface area (Å²) in [7, 11) is 0. The SMILES string of the molecule is CCCNC(CCCC(F)(F)F)c1cc(C)cc(Cl)c1. The van der Waals surface area contributed by atoms with Gasteiger partial charge < -0.3 is 5.32 Å². The van der Waals surface area contributed by atoms with E-state index in [1.807, 2.05) is 32.0 Å². The lowest BCUT2D eigenvalue weighted by atomic mass is 9.99. The van der Waals surface area contributed by atoms with Crippen molar-refractivity contribution in [3.8, 4) is 0 Å². The maximum Gasteiger partial charge on any atom is 0.389 e. The fourth-order valence-corrected chi connectivity index (χ4v) is 2.48. The van der Waals surface area contributed by atoms with E-state index in [-0.39, 0.29) is 12.5 Å². The lowest BCUT2D eigenvalue weighted by Gasteiger charge is -2.20. The van der Waals surface area contributed by atoms with Gasteiger partial charge in [0.2, 0.25) is 0 Å². The molecular formula is C15H21ClF3N. The zero-order chi connectivity index (χ0) is 15.2. The highest BCUT2D eigenvalue weighted by atomic mass is 35.5. The fraction of sp³-hybridized carbons (Fsp3) is 0.600. The van der Waals surface area contributed by atoms with Gasteiger partial charge in [0.25, 0.3) is 0 Å². The third-order valence-corrected chi connectivity index (χ3v) is 3.28. The van der Waals surface area contributed by atoms with E-state index in [1.165, 1.54) is 0 Å². The summed E-state index contributed by atoms with van der Waals surface area (Å²) >= 11 is 6.03. The maximum absolute atomic E-state index is 12.2. The molecule has 1 nitrogen and oxygen atoms in total. The van der Waals surface area contributed by atoms with Gasteiger partial charge in [-0.3, -0.25) is 0 Å². The molecule has 1 rings (SSSR count). The molecule has 1 aromatic rings. The number of aryl methyl sites for hydroxylation is 1. The first-order valence-corrected chi connectivity index (χ1v) is 7.27. The Hall–Kier alpha value is -0.740. The zero-order valence-corrected chi connectivity index (χ0v) is 12.6. The number of alkyl halides is 3. The molecular weight excluding hydrogens is 287 g/mol. The molecule has 0 bridgehead atoms. The molecule has 1 aromatic carbocycles. The Balaban J connectivity index is 2.72. The molecule has 1 N–H and O–H groups in total. The second kappa shape index (κ2) is 7.89. The van der Waals surface area contributed by atoms with E-state index in [4.69, 9.17) is 11.6 Å². The summed E-state index contributed by atoms with van der Waals surface area (Å²) in [6.45, 7) is 4.74. The van der Waals surface area contributed by atoms with Crippen LogP contribution in [-0.4, -0.2) is 12.7 Å². The quantitative estimate of drug-likeness (QED) is 0.709. The zero-order valence-electron chi connectivity index (χ0n) is 11.9. The van der Waals surface area contributed by atoms with Crippen LogP contribution in [0.1, 0.15) is 49.8 Å². The van der Waals surface area contributed by atoms with Gasteiger partial charge in [0, 0.05) is 17.5 Å². The molecule has 0 saturated carbocycles. The molecule has 5 heteroatoms. The number of hydrogen-bond donors (Lipinski definition) is 1. The van der Waals surface area contributed by atoms with E-state index in [0.717, 1.165) is 24.1 Å². The molecule has 1 atom stereocenters. The highest BCUT2D eigenvalue weighted by Gasteiger charge is 2.26.